The van der Waals surface area contributed by atoms with Crippen molar-refractivity contribution in [2.75, 3.05) is 6.61 Å². The third-order valence-electron chi connectivity index (χ3n) is 5.40. The summed E-state index contributed by atoms with van der Waals surface area (Å²) in [5.41, 5.74) is 0. The van der Waals surface area contributed by atoms with Crippen molar-refractivity contribution in [2.45, 2.75) is 136 Å². The topological polar surface area (TPSA) is 26.3 Å². The van der Waals surface area contributed by atoms with Gasteiger partial charge in [0.2, 0.25) is 0 Å². The summed E-state index contributed by atoms with van der Waals surface area (Å²) in [6, 6.07) is 0. The number of ether oxygens (including phenoxy) is 1. The Labute approximate surface area is 215 Å². The van der Waals surface area contributed by atoms with E-state index in [2.05, 4.69) is 66.0 Å². The molecule has 0 heterocycles. The van der Waals surface area contributed by atoms with E-state index in [1.54, 1.807) is 7.16 Å². The van der Waals surface area contributed by atoms with Gasteiger partial charge in [-0.3, -0.25) is 4.79 Å². The molecule has 0 spiro atoms. The second-order valence-corrected chi connectivity index (χ2v) is 11.7. The van der Waals surface area contributed by atoms with Crippen molar-refractivity contribution < 1.29 is 9.53 Å². The first-order chi connectivity index (χ1) is 14.5. The van der Waals surface area contributed by atoms with E-state index in [1.165, 1.54) is 96.3 Å². The molecular formula is C26H48I2O2. The van der Waals surface area contributed by atoms with Gasteiger partial charge in [0.1, 0.15) is 0 Å². The van der Waals surface area contributed by atoms with Gasteiger partial charge < -0.3 is 4.74 Å². The zero-order valence-electron chi connectivity index (χ0n) is 20.1. The van der Waals surface area contributed by atoms with E-state index in [-0.39, 0.29) is 5.97 Å². The van der Waals surface area contributed by atoms with Crippen LogP contribution in [0.4, 0.5) is 0 Å². The maximum absolute atomic E-state index is 11.5. The molecular weight excluding hydrogens is 598 g/mol. The SMILES string of the molecule is CCCCCCCCC(I)=C(I)CCCCCCCCCCCC(=O)OCC(C)C. The molecule has 178 valence electrons. The summed E-state index contributed by atoms with van der Waals surface area (Å²) < 4.78 is 8.42. The third kappa shape index (κ3) is 21.9. The van der Waals surface area contributed by atoms with Crippen LogP contribution in [0.15, 0.2) is 7.16 Å². The van der Waals surface area contributed by atoms with Gasteiger partial charge in [0.25, 0.3) is 0 Å². The number of allylic oxidation sites excluding steroid dienone is 2. The molecule has 0 rings (SSSR count). The van der Waals surface area contributed by atoms with Crippen LogP contribution in [0.3, 0.4) is 0 Å². The monoisotopic (exact) mass is 646 g/mol. The Hall–Kier alpha value is 0.670. The first-order valence-corrected chi connectivity index (χ1v) is 14.8. The molecule has 0 radical (unpaired) electrons. The van der Waals surface area contributed by atoms with Gasteiger partial charge in [-0.1, -0.05) is 97.8 Å². The van der Waals surface area contributed by atoms with E-state index >= 15 is 0 Å². The highest BCUT2D eigenvalue weighted by molar-refractivity contribution is 14.1. The fourth-order valence-corrected chi connectivity index (χ4v) is 4.75. The summed E-state index contributed by atoms with van der Waals surface area (Å²) in [6.07, 6.45) is 23.0. The summed E-state index contributed by atoms with van der Waals surface area (Å²) in [5, 5.41) is 0. The Morgan fingerprint density at radius 1 is 0.633 bits per heavy atom. The number of carbonyl (C=O) groups is 1. The molecule has 0 unspecified atom stereocenters. The van der Waals surface area contributed by atoms with Crippen LogP contribution in [0.5, 0.6) is 0 Å². The number of hydrogen-bond donors (Lipinski definition) is 0. The molecule has 0 N–H and O–H groups in total. The Morgan fingerprint density at radius 3 is 1.40 bits per heavy atom. The van der Waals surface area contributed by atoms with Crippen LogP contribution in [0.1, 0.15) is 136 Å². The van der Waals surface area contributed by atoms with Crippen LogP contribution < -0.4 is 0 Å². The van der Waals surface area contributed by atoms with Crippen molar-refractivity contribution in [3.8, 4) is 0 Å². The van der Waals surface area contributed by atoms with Crippen molar-refractivity contribution in [2.24, 2.45) is 5.92 Å². The van der Waals surface area contributed by atoms with Crippen LogP contribution in [0.2, 0.25) is 0 Å². The maximum atomic E-state index is 11.5. The lowest BCUT2D eigenvalue weighted by molar-refractivity contribution is -0.144. The second kappa shape index (κ2) is 22.8. The Kier molecular flexibility index (Phi) is 23.4. The molecule has 30 heavy (non-hydrogen) atoms. The molecule has 0 saturated heterocycles. The standard InChI is InChI=1S/C26H48I2O2/c1-4-5-6-7-13-16-19-24(27)25(28)20-17-14-11-9-8-10-12-15-18-21-26(29)30-22-23(2)3/h23H,4-22H2,1-3H3. The number of carbonyl (C=O) groups excluding carboxylic acids is 1. The van der Waals surface area contributed by atoms with Crippen LogP contribution in [-0.4, -0.2) is 12.6 Å². The average molecular weight is 646 g/mol. The maximum Gasteiger partial charge on any atom is 0.305 e. The highest BCUT2D eigenvalue weighted by atomic mass is 127. The number of unbranched alkanes of at least 4 members (excludes halogenated alkanes) is 13. The minimum atomic E-state index is -0.0194. The smallest absolute Gasteiger partial charge is 0.305 e. The number of hydrogen-bond acceptors (Lipinski definition) is 2. The van der Waals surface area contributed by atoms with Crippen molar-refractivity contribution in [1.82, 2.24) is 0 Å². The summed E-state index contributed by atoms with van der Waals surface area (Å²) in [6.45, 7) is 6.99. The van der Waals surface area contributed by atoms with E-state index in [0.29, 0.717) is 18.9 Å². The van der Waals surface area contributed by atoms with Gasteiger partial charge in [-0.05, 0) is 90.4 Å². The quantitative estimate of drug-likeness (QED) is 0.0705. The fraction of sp³-hybridized carbons (Fsp3) is 0.885. The molecule has 0 aromatic rings. The molecule has 0 fully saturated rings. The molecule has 2 nitrogen and oxygen atoms in total. The van der Waals surface area contributed by atoms with E-state index in [9.17, 15) is 4.79 Å². The molecule has 0 aliphatic rings. The van der Waals surface area contributed by atoms with Crippen molar-refractivity contribution in [1.29, 1.82) is 0 Å². The van der Waals surface area contributed by atoms with E-state index in [4.69, 9.17) is 4.74 Å². The zero-order valence-corrected chi connectivity index (χ0v) is 24.4. The zero-order chi connectivity index (χ0) is 22.5. The van der Waals surface area contributed by atoms with Crippen LogP contribution in [-0.2, 0) is 9.53 Å². The highest BCUT2D eigenvalue weighted by Gasteiger charge is 2.04. The normalized spacial score (nSPS) is 12.3. The van der Waals surface area contributed by atoms with Gasteiger partial charge >= 0.3 is 5.97 Å². The summed E-state index contributed by atoms with van der Waals surface area (Å²) in [5.74, 6) is 0.413. The largest absolute Gasteiger partial charge is 0.465 e. The predicted molar refractivity (Wildman–Crippen MR) is 150 cm³/mol. The molecule has 0 bridgehead atoms. The van der Waals surface area contributed by atoms with Gasteiger partial charge in [0.05, 0.1) is 6.61 Å². The molecule has 0 amide bonds. The minimum Gasteiger partial charge on any atom is -0.465 e. The molecule has 0 aliphatic carbocycles. The molecule has 0 aromatic heterocycles. The summed E-state index contributed by atoms with van der Waals surface area (Å²) >= 11 is 5.16. The molecule has 4 heteroatoms. The van der Waals surface area contributed by atoms with Gasteiger partial charge in [0, 0.05) is 6.42 Å². The van der Waals surface area contributed by atoms with Crippen LogP contribution >= 0.6 is 45.2 Å². The van der Waals surface area contributed by atoms with Gasteiger partial charge in [-0.2, -0.15) is 0 Å². The second-order valence-electron chi connectivity index (χ2n) is 9.09. The summed E-state index contributed by atoms with van der Waals surface area (Å²) in [4.78, 5) is 11.5. The van der Waals surface area contributed by atoms with Crippen molar-refractivity contribution >= 4 is 51.2 Å². The first-order valence-electron chi connectivity index (χ1n) is 12.7. The lowest BCUT2D eigenvalue weighted by Crippen LogP contribution is -2.09. The third-order valence-corrected chi connectivity index (χ3v) is 8.81. The first kappa shape index (κ1) is 30.7. The molecule has 0 atom stereocenters. The Morgan fingerprint density at radius 2 is 1.00 bits per heavy atom. The average Bonchev–Trinajstić information content (AvgIpc) is 2.72. The molecule has 0 saturated carbocycles. The predicted octanol–water partition coefficient (Wildman–Crippen LogP) is 10.3. The van der Waals surface area contributed by atoms with Crippen LogP contribution in [0, 0.1) is 5.92 Å². The fourth-order valence-electron chi connectivity index (χ4n) is 3.45. The van der Waals surface area contributed by atoms with Gasteiger partial charge in [0.15, 0.2) is 0 Å². The molecule has 0 aromatic carbocycles. The lowest BCUT2D eigenvalue weighted by Gasteiger charge is -2.07. The van der Waals surface area contributed by atoms with Crippen LogP contribution in [0.25, 0.3) is 0 Å². The van der Waals surface area contributed by atoms with Gasteiger partial charge in [-0.25, -0.2) is 0 Å². The Bertz CT molecular complexity index is 433. The van der Waals surface area contributed by atoms with E-state index in [0.717, 1.165) is 12.8 Å². The number of rotatable bonds is 21. The van der Waals surface area contributed by atoms with E-state index in [1.807, 2.05) is 0 Å². The van der Waals surface area contributed by atoms with Crippen molar-refractivity contribution in [3.05, 3.63) is 7.16 Å². The lowest BCUT2D eigenvalue weighted by atomic mass is 10.1. The Balaban J connectivity index is 3.44. The van der Waals surface area contributed by atoms with Gasteiger partial charge in [-0.15, -0.1) is 0 Å². The minimum absolute atomic E-state index is 0.0194. The molecule has 0 aliphatic heterocycles. The van der Waals surface area contributed by atoms with E-state index < -0.39 is 0 Å². The highest BCUT2D eigenvalue weighted by Crippen LogP contribution is 2.29. The number of halogens is 2. The summed E-state index contributed by atoms with van der Waals surface area (Å²) in [7, 11) is 0. The van der Waals surface area contributed by atoms with Crippen molar-refractivity contribution in [3.63, 3.8) is 0 Å². The number of esters is 1.